The van der Waals surface area contributed by atoms with Gasteiger partial charge in [0.1, 0.15) is 12.4 Å². The lowest BCUT2D eigenvalue weighted by Crippen LogP contribution is -2.38. The van der Waals surface area contributed by atoms with E-state index in [1.807, 2.05) is 30.3 Å². The van der Waals surface area contributed by atoms with Gasteiger partial charge in [0.2, 0.25) is 0 Å². The van der Waals surface area contributed by atoms with Gasteiger partial charge in [-0.15, -0.1) is 0 Å². The van der Waals surface area contributed by atoms with Gasteiger partial charge in [0.05, 0.1) is 0 Å². The molecule has 0 aromatic heterocycles. The van der Waals surface area contributed by atoms with Crippen LogP contribution in [0.15, 0.2) is 59.6 Å². The number of hydrogen-bond acceptors (Lipinski definition) is 2. The van der Waals surface area contributed by atoms with E-state index in [4.69, 9.17) is 10.5 Å². The van der Waals surface area contributed by atoms with E-state index in [1.165, 1.54) is 5.56 Å². The van der Waals surface area contributed by atoms with Crippen LogP contribution in [0, 0.1) is 0 Å². The van der Waals surface area contributed by atoms with Crippen LogP contribution in [0.3, 0.4) is 0 Å². The maximum absolute atomic E-state index is 5.87. The van der Waals surface area contributed by atoms with Crippen molar-refractivity contribution in [2.75, 3.05) is 6.54 Å². The predicted molar refractivity (Wildman–Crippen MR) is 100 cm³/mol. The lowest BCUT2D eigenvalue weighted by Gasteiger charge is -2.11. The number of nitrogens with zero attached hydrogens (tertiary/aromatic N) is 1. The van der Waals surface area contributed by atoms with Crippen molar-refractivity contribution in [2.45, 2.75) is 39.3 Å². The fourth-order valence-corrected chi connectivity index (χ4v) is 2.24. The minimum Gasteiger partial charge on any atom is -0.489 e. The second-order valence-electron chi connectivity index (χ2n) is 5.89. The van der Waals surface area contributed by atoms with Gasteiger partial charge in [-0.05, 0) is 43.0 Å². The number of rotatable bonds is 8. The summed E-state index contributed by atoms with van der Waals surface area (Å²) in [7, 11) is 0. The molecule has 0 heterocycles. The normalized spacial score (nSPS) is 12.7. The van der Waals surface area contributed by atoms with E-state index in [-0.39, 0.29) is 0 Å². The molecule has 2 aromatic rings. The van der Waals surface area contributed by atoms with Crippen LogP contribution in [-0.2, 0) is 13.0 Å². The minimum atomic E-state index is 0.350. The molecular weight excluding hydrogens is 298 g/mol. The van der Waals surface area contributed by atoms with Gasteiger partial charge in [0.15, 0.2) is 5.96 Å². The van der Waals surface area contributed by atoms with Crippen molar-refractivity contribution in [3.63, 3.8) is 0 Å². The number of nitrogens with one attached hydrogen (secondary N) is 1. The van der Waals surface area contributed by atoms with Gasteiger partial charge in [0, 0.05) is 12.6 Å². The molecule has 0 bridgehead atoms. The summed E-state index contributed by atoms with van der Waals surface area (Å²) in [5.74, 6) is 1.40. The zero-order chi connectivity index (χ0) is 17.2. The zero-order valence-electron chi connectivity index (χ0n) is 14.5. The molecule has 0 saturated carbocycles. The highest BCUT2D eigenvalue weighted by molar-refractivity contribution is 5.78. The molecule has 1 unspecified atom stereocenters. The summed E-state index contributed by atoms with van der Waals surface area (Å²) in [5, 5.41) is 3.17. The highest BCUT2D eigenvalue weighted by Crippen LogP contribution is 2.15. The van der Waals surface area contributed by atoms with Gasteiger partial charge in [-0.3, -0.25) is 4.99 Å². The predicted octanol–water partition coefficient (Wildman–Crippen LogP) is 3.51. The SMILES string of the molecule is CCC(C)NC(N)=NCCc1cccc(OCc2ccccc2)c1. The van der Waals surface area contributed by atoms with Crippen molar-refractivity contribution in [1.29, 1.82) is 0 Å². The number of ether oxygens (including phenoxy) is 1. The van der Waals surface area contributed by atoms with Crippen molar-refractivity contribution < 1.29 is 4.74 Å². The Morgan fingerprint density at radius 2 is 1.88 bits per heavy atom. The molecule has 128 valence electrons. The second-order valence-corrected chi connectivity index (χ2v) is 5.89. The number of guanidine groups is 1. The summed E-state index contributed by atoms with van der Waals surface area (Å²) in [5.41, 5.74) is 8.23. The third-order valence-electron chi connectivity index (χ3n) is 3.84. The molecule has 1 atom stereocenters. The standard InChI is InChI=1S/C20H27N3O/c1-3-16(2)23-20(21)22-13-12-17-10-7-11-19(14-17)24-15-18-8-5-4-6-9-18/h4-11,14,16H,3,12-13,15H2,1-2H3,(H3,21,22,23). The Bertz CT molecular complexity index is 640. The van der Waals surface area contributed by atoms with Gasteiger partial charge in [-0.2, -0.15) is 0 Å². The highest BCUT2D eigenvalue weighted by Gasteiger charge is 2.00. The fraction of sp³-hybridized carbons (Fsp3) is 0.350. The molecule has 0 radical (unpaired) electrons. The van der Waals surface area contributed by atoms with Crippen molar-refractivity contribution in [1.82, 2.24) is 5.32 Å². The maximum atomic E-state index is 5.87. The van der Waals surface area contributed by atoms with E-state index < -0.39 is 0 Å². The Balaban J connectivity index is 1.83. The summed E-state index contributed by atoms with van der Waals surface area (Å²) in [6.07, 6.45) is 1.86. The van der Waals surface area contributed by atoms with Crippen LogP contribution in [0.2, 0.25) is 0 Å². The van der Waals surface area contributed by atoms with E-state index in [0.29, 0.717) is 25.2 Å². The Morgan fingerprint density at radius 1 is 1.12 bits per heavy atom. The first-order valence-corrected chi connectivity index (χ1v) is 8.49. The van der Waals surface area contributed by atoms with E-state index in [2.05, 4.69) is 48.4 Å². The van der Waals surface area contributed by atoms with Crippen LogP contribution in [0.5, 0.6) is 5.75 Å². The monoisotopic (exact) mass is 325 g/mol. The van der Waals surface area contributed by atoms with Gasteiger partial charge < -0.3 is 15.8 Å². The summed E-state index contributed by atoms with van der Waals surface area (Å²) < 4.78 is 5.85. The van der Waals surface area contributed by atoms with Crippen molar-refractivity contribution >= 4 is 5.96 Å². The maximum Gasteiger partial charge on any atom is 0.188 e. The molecular formula is C20H27N3O. The Kier molecular flexibility index (Phi) is 7.15. The van der Waals surface area contributed by atoms with Crippen LogP contribution in [-0.4, -0.2) is 18.5 Å². The molecule has 0 spiro atoms. The first kappa shape index (κ1) is 17.9. The second kappa shape index (κ2) is 9.60. The molecule has 0 aliphatic heterocycles. The number of hydrogen-bond donors (Lipinski definition) is 2. The van der Waals surface area contributed by atoms with Crippen molar-refractivity contribution in [3.8, 4) is 5.75 Å². The molecule has 4 heteroatoms. The molecule has 2 rings (SSSR count). The molecule has 0 aliphatic rings. The van der Waals surface area contributed by atoms with Crippen LogP contribution >= 0.6 is 0 Å². The Hall–Kier alpha value is -2.49. The van der Waals surface area contributed by atoms with E-state index in [9.17, 15) is 0 Å². The third-order valence-corrected chi connectivity index (χ3v) is 3.84. The first-order valence-electron chi connectivity index (χ1n) is 8.49. The number of aliphatic imine (C=N–C) groups is 1. The Labute approximate surface area is 144 Å². The topological polar surface area (TPSA) is 59.6 Å². The summed E-state index contributed by atoms with van der Waals surface area (Å²) in [4.78, 5) is 4.37. The number of benzene rings is 2. The average molecular weight is 325 g/mol. The number of nitrogens with two attached hydrogens (primary N) is 1. The Morgan fingerprint density at radius 3 is 2.62 bits per heavy atom. The van der Waals surface area contributed by atoms with Crippen LogP contribution < -0.4 is 15.8 Å². The van der Waals surface area contributed by atoms with Crippen LogP contribution in [0.25, 0.3) is 0 Å². The summed E-state index contributed by atoms with van der Waals surface area (Å²) in [6.45, 7) is 5.45. The van der Waals surface area contributed by atoms with Crippen molar-refractivity contribution in [2.24, 2.45) is 10.7 Å². The quantitative estimate of drug-likeness (QED) is 0.577. The third kappa shape index (κ3) is 6.32. The van der Waals surface area contributed by atoms with Crippen molar-refractivity contribution in [3.05, 3.63) is 65.7 Å². The average Bonchev–Trinajstić information content (AvgIpc) is 2.61. The largest absolute Gasteiger partial charge is 0.489 e. The molecule has 3 N–H and O–H groups in total. The smallest absolute Gasteiger partial charge is 0.188 e. The molecule has 2 aromatic carbocycles. The van der Waals surface area contributed by atoms with Gasteiger partial charge >= 0.3 is 0 Å². The molecule has 0 saturated heterocycles. The first-order chi connectivity index (χ1) is 11.7. The van der Waals surface area contributed by atoms with E-state index >= 15 is 0 Å². The van der Waals surface area contributed by atoms with E-state index in [1.54, 1.807) is 0 Å². The lowest BCUT2D eigenvalue weighted by atomic mass is 10.1. The molecule has 24 heavy (non-hydrogen) atoms. The minimum absolute atomic E-state index is 0.350. The molecule has 0 aliphatic carbocycles. The van der Waals surface area contributed by atoms with E-state index in [0.717, 1.165) is 24.2 Å². The highest BCUT2D eigenvalue weighted by atomic mass is 16.5. The van der Waals surface area contributed by atoms with Gasteiger partial charge in [0.25, 0.3) is 0 Å². The molecule has 0 amide bonds. The van der Waals surface area contributed by atoms with Gasteiger partial charge in [-0.1, -0.05) is 49.4 Å². The van der Waals surface area contributed by atoms with Crippen LogP contribution in [0.1, 0.15) is 31.4 Å². The fourth-order valence-electron chi connectivity index (χ4n) is 2.24. The summed E-state index contributed by atoms with van der Waals surface area (Å²) >= 11 is 0. The van der Waals surface area contributed by atoms with Gasteiger partial charge in [-0.25, -0.2) is 0 Å². The lowest BCUT2D eigenvalue weighted by molar-refractivity contribution is 0.306. The van der Waals surface area contributed by atoms with Crippen LogP contribution in [0.4, 0.5) is 0 Å². The molecule has 4 nitrogen and oxygen atoms in total. The molecule has 0 fully saturated rings. The zero-order valence-corrected chi connectivity index (χ0v) is 14.5. The summed E-state index contributed by atoms with van der Waals surface area (Å²) in [6, 6.07) is 18.7.